The Hall–Kier alpha value is -1.05. The molecule has 0 aromatic heterocycles. The number of ether oxygens (including phenoxy) is 1. The number of rotatable bonds is 3. The molecule has 0 unspecified atom stereocenters. The van der Waals surface area contributed by atoms with Gasteiger partial charge in [0.05, 0.1) is 7.11 Å². The lowest BCUT2D eigenvalue weighted by atomic mass is 10.2. The minimum Gasteiger partial charge on any atom is -0.497 e. The highest BCUT2D eigenvalue weighted by molar-refractivity contribution is 5.92. The summed E-state index contributed by atoms with van der Waals surface area (Å²) in [5, 5.41) is 0. The van der Waals surface area contributed by atoms with Crippen LogP contribution in [0.25, 0.3) is 0 Å². The Morgan fingerprint density at radius 2 is 2.00 bits per heavy atom. The van der Waals surface area contributed by atoms with E-state index in [9.17, 15) is 4.79 Å². The van der Waals surface area contributed by atoms with Crippen molar-refractivity contribution in [2.24, 2.45) is 0 Å². The summed E-state index contributed by atoms with van der Waals surface area (Å²) in [7, 11) is 1.52. The number of Topliss-reactive ketones (excluding diaryl/α,β-unsaturated/α-hetero) is 1. The van der Waals surface area contributed by atoms with Crippen LogP contribution < -0.4 is 0 Å². The van der Waals surface area contributed by atoms with Gasteiger partial charge in [-0.1, -0.05) is 6.58 Å². The van der Waals surface area contributed by atoms with Gasteiger partial charge in [0.25, 0.3) is 0 Å². The molecule has 0 saturated heterocycles. The molecule has 2 nitrogen and oxygen atoms in total. The van der Waals surface area contributed by atoms with Gasteiger partial charge in [-0.2, -0.15) is 0 Å². The van der Waals surface area contributed by atoms with Gasteiger partial charge in [0.15, 0.2) is 5.78 Å². The van der Waals surface area contributed by atoms with Gasteiger partial charge < -0.3 is 4.74 Å². The Morgan fingerprint density at radius 1 is 1.50 bits per heavy atom. The van der Waals surface area contributed by atoms with Gasteiger partial charge in [0.2, 0.25) is 0 Å². The van der Waals surface area contributed by atoms with E-state index < -0.39 is 0 Å². The second-order valence-electron chi connectivity index (χ2n) is 2.05. The first-order valence-corrected chi connectivity index (χ1v) is 3.00. The zero-order valence-electron chi connectivity index (χ0n) is 6.60. The van der Waals surface area contributed by atoms with Crippen LogP contribution in [0.15, 0.2) is 24.0 Å². The maximum absolute atomic E-state index is 10.6. The maximum atomic E-state index is 10.6. The molecule has 0 aromatic rings. The maximum Gasteiger partial charge on any atom is 0.155 e. The molecule has 0 atom stereocenters. The molecule has 0 heterocycles. The molecular weight excluding hydrogens is 128 g/mol. The largest absolute Gasteiger partial charge is 0.497 e. The summed E-state index contributed by atoms with van der Waals surface area (Å²) in [6, 6.07) is 0. The van der Waals surface area contributed by atoms with E-state index in [2.05, 4.69) is 6.58 Å². The first kappa shape index (κ1) is 8.95. The molecule has 0 fully saturated rings. The normalized spacial score (nSPS) is 10.9. The molecule has 2 heteroatoms. The van der Waals surface area contributed by atoms with Crippen molar-refractivity contribution in [3.8, 4) is 0 Å². The molecule has 0 aliphatic carbocycles. The van der Waals surface area contributed by atoms with Crippen LogP contribution in [0.4, 0.5) is 0 Å². The van der Waals surface area contributed by atoms with E-state index in [0.717, 1.165) is 0 Å². The summed E-state index contributed by atoms with van der Waals surface area (Å²) in [6.07, 6.45) is 1.61. The Balaban J connectivity index is 4.16. The fourth-order valence-electron chi connectivity index (χ4n) is 0.402. The monoisotopic (exact) mass is 140 g/mol. The van der Waals surface area contributed by atoms with Crippen molar-refractivity contribution in [3.05, 3.63) is 24.0 Å². The quantitative estimate of drug-likeness (QED) is 0.338. The molecular formula is C8H12O2. The van der Waals surface area contributed by atoms with Gasteiger partial charge in [-0.3, -0.25) is 4.79 Å². The predicted octanol–water partition coefficient (Wildman–Crippen LogP) is 1.68. The van der Waals surface area contributed by atoms with Crippen LogP contribution in [0.2, 0.25) is 0 Å². The van der Waals surface area contributed by atoms with E-state index in [1.807, 2.05) is 0 Å². The summed E-state index contributed by atoms with van der Waals surface area (Å²) in [6.45, 7) is 6.78. The zero-order chi connectivity index (χ0) is 8.15. The first-order chi connectivity index (χ1) is 4.57. The Morgan fingerprint density at radius 3 is 2.30 bits per heavy atom. The van der Waals surface area contributed by atoms with Gasteiger partial charge >= 0.3 is 0 Å². The third-order valence-corrected chi connectivity index (χ3v) is 1.20. The summed E-state index contributed by atoms with van der Waals surface area (Å²) in [4.78, 5) is 10.6. The first-order valence-electron chi connectivity index (χ1n) is 3.00. The van der Waals surface area contributed by atoms with Gasteiger partial charge in [-0.15, -0.1) is 0 Å². The molecule has 0 aromatic carbocycles. The summed E-state index contributed by atoms with van der Waals surface area (Å²) >= 11 is 0. The highest BCUT2D eigenvalue weighted by Gasteiger charge is 1.95. The van der Waals surface area contributed by atoms with Crippen LogP contribution in [0.1, 0.15) is 13.8 Å². The summed E-state index contributed by atoms with van der Waals surface area (Å²) in [5.41, 5.74) is 0.659. The average Bonchev–Trinajstić information content (AvgIpc) is 1.87. The fraction of sp³-hybridized carbons (Fsp3) is 0.375. The van der Waals surface area contributed by atoms with Crippen molar-refractivity contribution in [1.82, 2.24) is 0 Å². The van der Waals surface area contributed by atoms with Crippen molar-refractivity contribution in [2.45, 2.75) is 13.8 Å². The van der Waals surface area contributed by atoms with E-state index in [0.29, 0.717) is 11.3 Å². The number of ketones is 1. The standard InChI is InChI=1S/C8H12O2/c1-6(8(3)9)5-7(2)10-4/h5H,2H2,1,3-4H3/b6-5+. The minimum absolute atomic E-state index is 0.0400. The van der Waals surface area contributed by atoms with Crippen LogP contribution in [0.5, 0.6) is 0 Å². The van der Waals surface area contributed by atoms with E-state index in [1.54, 1.807) is 13.0 Å². The molecule has 0 saturated carbocycles. The average molecular weight is 140 g/mol. The Labute approximate surface area is 61.2 Å². The number of methoxy groups -OCH3 is 1. The highest BCUT2D eigenvalue weighted by atomic mass is 16.5. The van der Waals surface area contributed by atoms with Crippen molar-refractivity contribution < 1.29 is 9.53 Å². The fourth-order valence-corrected chi connectivity index (χ4v) is 0.402. The topological polar surface area (TPSA) is 26.3 Å². The third-order valence-electron chi connectivity index (χ3n) is 1.20. The smallest absolute Gasteiger partial charge is 0.155 e. The Kier molecular flexibility index (Phi) is 3.47. The molecule has 0 spiro atoms. The van der Waals surface area contributed by atoms with Crippen LogP contribution >= 0.6 is 0 Å². The van der Waals surface area contributed by atoms with Crippen LogP contribution in [0.3, 0.4) is 0 Å². The SMILES string of the molecule is C=C(/C=C(\C)C(C)=O)OC. The summed E-state index contributed by atoms with van der Waals surface area (Å²) in [5.74, 6) is 0.547. The predicted molar refractivity (Wildman–Crippen MR) is 40.6 cm³/mol. The molecule has 0 radical (unpaired) electrons. The number of hydrogen-bond acceptors (Lipinski definition) is 2. The van der Waals surface area contributed by atoms with E-state index >= 15 is 0 Å². The lowest BCUT2D eigenvalue weighted by Crippen LogP contribution is -1.92. The van der Waals surface area contributed by atoms with Crippen LogP contribution in [-0.2, 0) is 9.53 Å². The van der Waals surface area contributed by atoms with E-state index in [1.165, 1.54) is 14.0 Å². The number of hydrogen-bond donors (Lipinski definition) is 0. The van der Waals surface area contributed by atoms with Crippen LogP contribution in [-0.4, -0.2) is 12.9 Å². The molecule has 0 aliphatic heterocycles. The molecule has 0 aliphatic rings. The van der Waals surface area contributed by atoms with Crippen molar-refractivity contribution in [2.75, 3.05) is 7.11 Å². The van der Waals surface area contributed by atoms with Gasteiger partial charge in [-0.25, -0.2) is 0 Å². The second-order valence-corrected chi connectivity index (χ2v) is 2.05. The lowest BCUT2D eigenvalue weighted by molar-refractivity contribution is -0.113. The third kappa shape index (κ3) is 3.07. The zero-order valence-corrected chi connectivity index (χ0v) is 6.60. The van der Waals surface area contributed by atoms with Gasteiger partial charge in [0.1, 0.15) is 5.76 Å². The van der Waals surface area contributed by atoms with E-state index in [-0.39, 0.29) is 5.78 Å². The Bertz CT molecular complexity index is 178. The number of carbonyl (C=O) groups is 1. The second kappa shape index (κ2) is 3.88. The van der Waals surface area contributed by atoms with Gasteiger partial charge in [-0.05, 0) is 25.5 Å². The number of carbonyl (C=O) groups excluding carboxylic acids is 1. The molecule has 0 N–H and O–H groups in total. The van der Waals surface area contributed by atoms with Crippen molar-refractivity contribution >= 4 is 5.78 Å². The molecule has 10 heavy (non-hydrogen) atoms. The molecule has 0 amide bonds. The lowest BCUT2D eigenvalue weighted by Gasteiger charge is -1.97. The van der Waals surface area contributed by atoms with E-state index in [4.69, 9.17) is 4.74 Å². The number of allylic oxidation sites excluding steroid dienone is 2. The molecule has 0 bridgehead atoms. The van der Waals surface area contributed by atoms with Gasteiger partial charge in [0, 0.05) is 0 Å². The van der Waals surface area contributed by atoms with Crippen LogP contribution in [0, 0.1) is 0 Å². The minimum atomic E-state index is 0.0400. The molecule has 0 rings (SSSR count). The highest BCUT2D eigenvalue weighted by Crippen LogP contribution is 2.00. The molecule has 56 valence electrons. The van der Waals surface area contributed by atoms with Crippen molar-refractivity contribution in [1.29, 1.82) is 0 Å². The van der Waals surface area contributed by atoms with Crippen molar-refractivity contribution in [3.63, 3.8) is 0 Å². The summed E-state index contributed by atoms with van der Waals surface area (Å²) < 4.78 is 4.75.